The number of aromatic nitrogens is 4. The summed E-state index contributed by atoms with van der Waals surface area (Å²) in [6, 6.07) is 6.53. The van der Waals surface area contributed by atoms with Crippen LogP contribution in [0.25, 0.3) is 17.0 Å². The quantitative estimate of drug-likeness (QED) is 0.723. The maximum atomic E-state index is 12.4. The second-order valence-electron chi connectivity index (χ2n) is 3.75. The Bertz CT molecular complexity index is 678. The molecule has 2 heterocycles. The lowest BCUT2D eigenvalue weighted by atomic mass is 10.1. The summed E-state index contributed by atoms with van der Waals surface area (Å²) in [5.74, 6) is 0.476. The number of fused-ring (bicyclic) bond motifs is 1. The molecule has 3 aromatic rings. The molecule has 0 amide bonds. The van der Waals surface area contributed by atoms with E-state index in [1.807, 2.05) is 0 Å². The van der Waals surface area contributed by atoms with E-state index in [0.717, 1.165) is 12.1 Å². The van der Waals surface area contributed by atoms with Gasteiger partial charge in [0, 0.05) is 17.8 Å². The van der Waals surface area contributed by atoms with Crippen molar-refractivity contribution < 1.29 is 13.2 Å². The van der Waals surface area contributed by atoms with E-state index >= 15 is 0 Å². The minimum atomic E-state index is -4.33. The highest BCUT2D eigenvalue weighted by atomic mass is 19.4. The first kappa shape index (κ1) is 10.8. The van der Waals surface area contributed by atoms with Gasteiger partial charge in [-0.2, -0.15) is 13.2 Å². The standard InChI is InChI=1S/C11H7F3N4/c12-11(13,14)8-3-1-7(2-4-8)10-17-16-9-5-6-15-18(9)10/h1-6,15H. The molecule has 0 saturated heterocycles. The molecule has 0 unspecified atom stereocenters. The molecule has 7 heteroatoms. The molecule has 1 N–H and O–H groups in total. The average molecular weight is 252 g/mol. The van der Waals surface area contributed by atoms with Crippen LogP contribution < -0.4 is 0 Å². The van der Waals surface area contributed by atoms with Gasteiger partial charge in [0.15, 0.2) is 11.5 Å². The third-order valence-corrected chi connectivity index (χ3v) is 2.59. The van der Waals surface area contributed by atoms with Gasteiger partial charge in [-0.25, -0.2) is 4.52 Å². The number of aromatic amines is 1. The van der Waals surface area contributed by atoms with Crippen molar-refractivity contribution in [3.8, 4) is 11.4 Å². The average Bonchev–Trinajstić information content (AvgIpc) is 2.89. The summed E-state index contributed by atoms with van der Waals surface area (Å²) in [6.07, 6.45) is -2.65. The largest absolute Gasteiger partial charge is 0.416 e. The fraction of sp³-hybridized carbons (Fsp3) is 0.0909. The van der Waals surface area contributed by atoms with Crippen LogP contribution in [0.1, 0.15) is 5.56 Å². The molecule has 0 atom stereocenters. The number of hydrogen-bond acceptors (Lipinski definition) is 2. The fourth-order valence-electron chi connectivity index (χ4n) is 1.71. The highest BCUT2D eigenvalue weighted by Gasteiger charge is 2.30. The van der Waals surface area contributed by atoms with E-state index in [1.54, 1.807) is 16.8 Å². The summed E-state index contributed by atoms with van der Waals surface area (Å²) in [6.45, 7) is 0. The zero-order valence-corrected chi connectivity index (χ0v) is 8.94. The molecule has 4 nitrogen and oxygen atoms in total. The van der Waals surface area contributed by atoms with Crippen LogP contribution >= 0.6 is 0 Å². The summed E-state index contributed by atoms with van der Waals surface area (Å²) >= 11 is 0. The highest BCUT2D eigenvalue weighted by molar-refractivity contribution is 5.59. The smallest absolute Gasteiger partial charge is 0.298 e. The number of hydrogen-bond donors (Lipinski definition) is 1. The lowest BCUT2D eigenvalue weighted by molar-refractivity contribution is -0.137. The molecule has 0 spiro atoms. The maximum absolute atomic E-state index is 12.4. The van der Waals surface area contributed by atoms with Gasteiger partial charge >= 0.3 is 6.18 Å². The Kier molecular flexibility index (Phi) is 2.16. The van der Waals surface area contributed by atoms with Crippen LogP contribution in [0, 0.1) is 0 Å². The van der Waals surface area contributed by atoms with E-state index in [9.17, 15) is 13.2 Å². The number of benzene rings is 1. The monoisotopic (exact) mass is 252 g/mol. The third kappa shape index (κ3) is 1.64. The van der Waals surface area contributed by atoms with Crippen LogP contribution in [0.2, 0.25) is 0 Å². The fourth-order valence-corrected chi connectivity index (χ4v) is 1.71. The first-order chi connectivity index (χ1) is 8.55. The molecule has 0 saturated carbocycles. The summed E-state index contributed by atoms with van der Waals surface area (Å²) in [5, 5.41) is 10.7. The van der Waals surface area contributed by atoms with E-state index < -0.39 is 11.7 Å². The lowest BCUT2D eigenvalue weighted by Gasteiger charge is -2.06. The topological polar surface area (TPSA) is 46.0 Å². The van der Waals surface area contributed by atoms with Gasteiger partial charge in [-0.1, -0.05) is 12.1 Å². The second kappa shape index (κ2) is 3.59. The van der Waals surface area contributed by atoms with Crippen molar-refractivity contribution in [3.63, 3.8) is 0 Å². The van der Waals surface area contributed by atoms with Gasteiger partial charge in [-0.3, -0.25) is 5.10 Å². The zero-order valence-electron chi connectivity index (χ0n) is 8.94. The molecule has 2 aromatic heterocycles. The Hall–Kier alpha value is -2.31. The van der Waals surface area contributed by atoms with Crippen LogP contribution in [-0.2, 0) is 6.18 Å². The number of halogens is 3. The number of H-pyrrole nitrogens is 1. The molecule has 1 aromatic carbocycles. The van der Waals surface area contributed by atoms with Gasteiger partial charge in [-0.15, -0.1) is 10.2 Å². The zero-order chi connectivity index (χ0) is 12.8. The van der Waals surface area contributed by atoms with Gasteiger partial charge in [0.1, 0.15) is 0 Å². The summed E-state index contributed by atoms with van der Waals surface area (Å²) in [4.78, 5) is 0. The summed E-state index contributed by atoms with van der Waals surface area (Å²) in [5.41, 5.74) is 0.501. The van der Waals surface area contributed by atoms with E-state index in [4.69, 9.17) is 0 Å². The third-order valence-electron chi connectivity index (χ3n) is 2.59. The first-order valence-corrected chi connectivity index (χ1v) is 5.12. The Balaban J connectivity index is 2.06. The van der Waals surface area contributed by atoms with Gasteiger partial charge < -0.3 is 0 Å². The van der Waals surface area contributed by atoms with Crippen molar-refractivity contribution >= 4 is 5.65 Å². The van der Waals surface area contributed by atoms with E-state index in [2.05, 4.69) is 15.3 Å². The molecule has 0 fully saturated rings. The minimum absolute atomic E-state index is 0.476. The van der Waals surface area contributed by atoms with Crippen molar-refractivity contribution in [2.45, 2.75) is 6.18 Å². The number of nitrogens with zero attached hydrogens (tertiary/aromatic N) is 3. The molecule has 0 bridgehead atoms. The Morgan fingerprint density at radius 3 is 2.39 bits per heavy atom. The van der Waals surface area contributed by atoms with E-state index in [0.29, 0.717) is 17.0 Å². The predicted molar refractivity (Wildman–Crippen MR) is 57.8 cm³/mol. The van der Waals surface area contributed by atoms with Crippen molar-refractivity contribution in [3.05, 3.63) is 42.1 Å². The van der Waals surface area contributed by atoms with Crippen LogP contribution in [-0.4, -0.2) is 19.8 Å². The minimum Gasteiger partial charge on any atom is -0.298 e. The molecular weight excluding hydrogens is 245 g/mol. The number of rotatable bonds is 1. The second-order valence-corrected chi connectivity index (χ2v) is 3.75. The molecule has 0 radical (unpaired) electrons. The van der Waals surface area contributed by atoms with Crippen LogP contribution in [0.5, 0.6) is 0 Å². The summed E-state index contributed by atoms with van der Waals surface area (Å²) < 4.78 is 38.9. The molecule has 3 rings (SSSR count). The van der Waals surface area contributed by atoms with E-state index in [1.165, 1.54) is 12.1 Å². The SMILES string of the molecule is FC(F)(F)c1ccc(-c2nnc3cc[nH]n23)cc1. The van der Waals surface area contributed by atoms with Crippen LogP contribution in [0.4, 0.5) is 13.2 Å². The van der Waals surface area contributed by atoms with Gasteiger partial charge in [-0.05, 0) is 12.1 Å². The normalized spacial score (nSPS) is 12.2. The van der Waals surface area contributed by atoms with Gasteiger partial charge in [0.25, 0.3) is 0 Å². The van der Waals surface area contributed by atoms with E-state index in [-0.39, 0.29) is 0 Å². The lowest BCUT2D eigenvalue weighted by Crippen LogP contribution is -2.04. The Labute approximate surface area is 99.1 Å². The van der Waals surface area contributed by atoms with Crippen molar-refractivity contribution in [2.75, 3.05) is 0 Å². The predicted octanol–water partition coefficient (Wildman–Crippen LogP) is 2.74. The first-order valence-electron chi connectivity index (χ1n) is 5.12. The van der Waals surface area contributed by atoms with Gasteiger partial charge in [0.05, 0.1) is 5.56 Å². The molecule has 18 heavy (non-hydrogen) atoms. The Morgan fingerprint density at radius 1 is 1.00 bits per heavy atom. The number of alkyl halides is 3. The van der Waals surface area contributed by atoms with Crippen molar-refractivity contribution in [1.29, 1.82) is 0 Å². The molecular formula is C11H7F3N4. The molecule has 0 aliphatic heterocycles. The van der Waals surface area contributed by atoms with Crippen molar-refractivity contribution in [1.82, 2.24) is 19.8 Å². The molecule has 0 aliphatic carbocycles. The summed E-state index contributed by atoms with van der Waals surface area (Å²) in [7, 11) is 0. The molecule has 0 aliphatic rings. The van der Waals surface area contributed by atoms with Crippen molar-refractivity contribution in [2.24, 2.45) is 0 Å². The van der Waals surface area contributed by atoms with Gasteiger partial charge in [0.2, 0.25) is 0 Å². The highest BCUT2D eigenvalue weighted by Crippen LogP contribution is 2.30. The molecule has 92 valence electrons. The van der Waals surface area contributed by atoms with Crippen LogP contribution in [0.15, 0.2) is 36.5 Å². The van der Waals surface area contributed by atoms with Crippen LogP contribution in [0.3, 0.4) is 0 Å². The number of nitrogens with one attached hydrogen (secondary N) is 1. The Morgan fingerprint density at radius 2 is 1.72 bits per heavy atom. The maximum Gasteiger partial charge on any atom is 0.416 e.